The number of amides is 1. The lowest BCUT2D eigenvalue weighted by Crippen LogP contribution is -2.49. The predicted octanol–water partition coefficient (Wildman–Crippen LogP) is 4.06. The summed E-state index contributed by atoms with van der Waals surface area (Å²) < 4.78 is 1.25. The molecular formula is C22H25N3OS. The third-order valence-electron chi connectivity index (χ3n) is 5.23. The van der Waals surface area contributed by atoms with E-state index in [4.69, 9.17) is 4.98 Å². The van der Waals surface area contributed by atoms with Gasteiger partial charge in [-0.25, -0.2) is 4.98 Å². The Labute approximate surface area is 164 Å². The van der Waals surface area contributed by atoms with Crippen LogP contribution in [-0.2, 0) is 17.6 Å². The van der Waals surface area contributed by atoms with Crippen LogP contribution in [0.2, 0.25) is 0 Å². The molecule has 0 saturated carbocycles. The molecule has 140 valence electrons. The summed E-state index contributed by atoms with van der Waals surface area (Å²) in [5.41, 5.74) is 4.74. The van der Waals surface area contributed by atoms with Gasteiger partial charge < -0.3 is 9.80 Å². The van der Waals surface area contributed by atoms with Gasteiger partial charge in [0.05, 0.1) is 16.6 Å². The number of hydrogen-bond donors (Lipinski definition) is 0. The fourth-order valence-electron chi connectivity index (χ4n) is 3.45. The van der Waals surface area contributed by atoms with Crippen molar-refractivity contribution < 1.29 is 4.79 Å². The molecule has 3 aromatic rings. The minimum absolute atomic E-state index is 0.218. The third kappa shape index (κ3) is 3.98. The number of fused-ring (bicyclic) bond motifs is 1. The zero-order valence-electron chi connectivity index (χ0n) is 15.9. The molecule has 1 fully saturated rings. The first-order chi connectivity index (χ1) is 13.1. The molecule has 0 bridgehead atoms. The largest absolute Gasteiger partial charge is 0.345 e. The van der Waals surface area contributed by atoms with Gasteiger partial charge in [0.2, 0.25) is 5.91 Å². The van der Waals surface area contributed by atoms with Crippen molar-refractivity contribution in [2.75, 3.05) is 31.1 Å². The minimum atomic E-state index is 0.218. The van der Waals surface area contributed by atoms with E-state index < -0.39 is 0 Å². The first kappa shape index (κ1) is 18.0. The van der Waals surface area contributed by atoms with Crippen molar-refractivity contribution in [1.82, 2.24) is 9.88 Å². The maximum Gasteiger partial charge on any atom is 0.227 e. The molecule has 1 amide bonds. The van der Waals surface area contributed by atoms with Crippen molar-refractivity contribution in [3.05, 3.63) is 59.2 Å². The maximum atomic E-state index is 12.6. The first-order valence-corrected chi connectivity index (χ1v) is 10.4. The molecular weight excluding hydrogens is 354 g/mol. The van der Waals surface area contributed by atoms with Gasteiger partial charge in [-0.05, 0) is 36.6 Å². The highest BCUT2D eigenvalue weighted by molar-refractivity contribution is 7.22. The van der Waals surface area contributed by atoms with Crippen LogP contribution < -0.4 is 4.90 Å². The van der Waals surface area contributed by atoms with E-state index in [1.54, 1.807) is 11.3 Å². The number of benzene rings is 2. The number of aromatic nitrogens is 1. The SMILES string of the molecule is CCc1ccc2nc(N3CCN(C(=O)Cc4ccc(C)cc4)CC3)sc2c1. The summed E-state index contributed by atoms with van der Waals surface area (Å²) in [5, 5.41) is 1.07. The molecule has 2 aromatic carbocycles. The van der Waals surface area contributed by atoms with Crippen LogP contribution in [0.5, 0.6) is 0 Å². The molecule has 1 saturated heterocycles. The molecule has 27 heavy (non-hydrogen) atoms. The highest BCUT2D eigenvalue weighted by Gasteiger charge is 2.23. The number of piperazine rings is 1. The van der Waals surface area contributed by atoms with Crippen molar-refractivity contribution in [1.29, 1.82) is 0 Å². The summed E-state index contributed by atoms with van der Waals surface area (Å²) >= 11 is 1.76. The van der Waals surface area contributed by atoms with Gasteiger partial charge in [0.1, 0.15) is 0 Å². The van der Waals surface area contributed by atoms with Gasteiger partial charge >= 0.3 is 0 Å². The molecule has 0 spiro atoms. The number of carbonyl (C=O) groups excluding carboxylic acids is 1. The fraction of sp³-hybridized carbons (Fsp3) is 0.364. The van der Waals surface area contributed by atoms with Gasteiger partial charge in [-0.1, -0.05) is 54.2 Å². The van der Waals surface area contributed by atoms with E-state index in [9.17, 15) is 4.79 Å². The Balaban J connectivity index is 1.38. The van der Waals surface area contributed by atoms with Crippen LogP contribution in [0.1, 0.15) is 23.6 Å². The quantitative estimate of drug-likeness (QED) is 0.686. The number of nitrogens with zero attached hydrogens (tertiary/aromatic N) is 3. The van der Waals surface area contributed by atoms with E-state index in [1.807, 2.05) is 4.90 Å². The summed E-state index contributed by atoms with van der Waals surface area (Å²) in [5.74, 6) is 0.218. The zero-order chi connectivity index (χ0) is 18.8. The highest BCUT2D eigenvalue weighted by Crippen LogP contribution is 2.30. The lowest BCUT2D eigenvalue weighted by atomic mass is 10.1. The lowest BCUT2D eigenvalue weighted by Gasteiger charge is -2.34. The predicted molar refractivity (Wildman–Crippen MR) is 113 cm³/mol. The molecule has 4 rings (SSSR count). The van der Waals surface area contributed by atoms with Crippen LogP contribution in [0.4, 0.5) is 5.13 Å². The van der Waals surface area contributed by atoms with Gasteiger partial charge in [0.25, 0.3) is 0 Å². The van der Waals surface area contributed by atoms with E-state index in [2.05, 4.69) is 61.2 Å². The van der Waals surface area contributed by atoms with Crippen LogP contribution in [0.3, 0.4) is 0 Å². The van der Waals surface area contributed by atoms with Crippen LogP contribution in [0.15, 0.2) is 42.5 Å². The average Bonchev–Trinajstić information content (AvgIpc) is 3.13. The van der Waals surface area contributed by atoms with Gasteiger partial charge in [0.15, 0.2) is 5.13 Å². The second-order valence-electron chi connectivity index (χ2n) is 7.18. The average molecular weight is 380 g/mol. The fourth-order valence-corrected chi connectivity index (χ4v) is 4.53. The standard InChI is InChI=1S/C22H25N3OS/c1-3-17-8-9-19-20(14-17)27-22(23-19)25-12-10-24(11-13-25)21(26)15-18-6-4-16(2)5-7-18/h4-9,14H,3,10-13,15H2,1-2H3. The van der Waals surface area contributed by atoms with Crippen molar-refractivity contribution in [2.24, 2.45) is 0 Å². The zero-order valence-corrected chi connectivity index (χ0v) is 16.8. The number of rotatable bonds is 4. The Kier molecular flexibility index (Phi) is 5.12. The number of hydrogen-bond acceptors (Lipinski definition) is 4. The van der Waals surface area contributed by atoms with Gasteiger partial charge in [-0.15, -0.1) is 0 Å². The number of thiazole rings is 1. The van der Waals surface area contributed by atoms with E-state index in [1.165, 1.54) is 15.8 Å². The molecule has 0 radical (unpaired) electrons. The Hall–Kier alpha value is -2.40. The topological polar surface area (TPSA) is 36.4 Å². The molecule has 0 N–H and O–H groups in total. The van der Waals surface area contributed by atoms with E-state index in [-0.39, 0.29) is 5.91 Å². The maximum absolute atomic E-state index is 12.6. The minimum Gasteiger partial charge on any atom is -0.345 e. The van der Waals surface area contributed by atoms with E-state index in [0.717, 1.165) is 48.8 Å². The Morgan fingerprint density at radius 3 is 2.44 bits per heavy atom. The van der Waals surface area contributed by atoms with Gasteiger partial charge in [0, 0.05) is 26.2 Å². The summed E-state index contributed by atoms with van der Waals surface area (Å²) in [4.78, 5) is 21.7. The summed E-state index contributed by atoms with van der Waals surface area (Å²) in [7, 11) is 0. The van der Waals surface area contributed by atoms with E-state index >= 15 is 0 Å². The molecule has 2 heterocycles. The molecule has 1 aliphatic rings. The highest BCUT2D eigenvalue weighted by atomic mass is 32.1. The van der Waals surface area contributed by atoms with Crippen molar-refractivity contribution in [3.63, 3.8) is 0 Å². The van der Waals surface area contributed by atoms with E-state index in [0.29, 0.717) is 6.42 Å². The second kappa shape index (κ2) is 7.69. The third-order valence-corrected chi connectivity index (χ3v) is 6.31. The normalized spacial score (nSPS) is 14.7. The molecule has 0 aliphatic carbocycles. The second-order valence-corrected chi connectivity index (χ2v) is 8.19. The summed E-state index contributed by atoms with van der Waals surface area (Å²) in [6.45, 7) is 7.47. The van der Waals surface area contributed by atoms with Crippen LogP contribution in [0.25, 0.3) is 10.2 Å². The molecule has 5 heteroatoms. The smallest absolute Gasteiger partial charge is 0.227 e. The van der Waals surface area contributed by atoms with Crippen molar-refractivity contribution in [2.45, 2.75) is 26.7 Å². The molecule has 0 atom stereocenters. The summed E-state index contributed by atoms with van der Waals surface area (Å²) in [6, 6.07) is 14.8. The van der Waals surface area contributed by atoms with Gasteiger partial charge in [-0.2, -0.15) is 0 Å². The molecule has 4 nitrogen and oxygen atoms in total. The Morgan fingerprint density at radius 1 is 1.04 bits per heavy atom. The van der Waals surface area contributed by atoms with Crippen LogP contribution >= 0.6 is 11.3 Å². The van der Waals surface area contributed by atoms with Crippen LogP contribution in [-0.4, -0.2) is 42.0 Å². The molecule has 0 unspecified atom stereocenters. The van der Waals surface area contributed by atoms with Crippen molar-refractivity contribution >= 4 is 32.6 Å². The van der Waals surface area contributed by atoms with Crippen molar-refractivity contribution in [3.8, 4) is 0 Å². The van der Waals surface area contributed by atoms with Gasteiger partial charge in [-0.3, -0.25) is 4.79 Å². The lowest BCUT2D eigenvalue weighted by molar-refractivity contribution is -0.130. The Morgan fingerprint density at radius 2 is 1.74 bits per heavy atom. The first-order valence-electron chi connectivity index (χ1n) is 9.60. The molecule has 1 aromatic heterocycles. The Bertz CT molecular complexity index is 940. The van der Waals surface area contributed by atoms with Crippen LogP contribution in [0, 0.1) is 6.92 Å². The number of anilines is 1. The summed E-state index contributed by atoms with van der Waals surface area (Å²) in [6.07, 6.45) is 1.53. The number of carbonyl (C=O) groups is 1. The monoisotopic (exact) mass is 379 g/mol. The number of aryl methyl sites for hydroxylation is 2. The molecule has 1 aliphatic heterocycles.